The van der Waals surface area contributed by atoms with E-state index in [9.17, 15) is 5.11 Å². The molecule has 1 fully saturated rings. The fourth-order valence-electron chi connectivity index (χ4n) is 2.15. The summed E-state index contributed by atoms with van der Waals surface area (Å²) in [7, 11) is 0. The lowest BCUT2D eigenvalue weighted by atomic mass is 10.2. The van der Waals surface area contributed by atoms with E-state index >= 15 is 0 Å². The summed E-state index contributed by atoms with van der Waals surface area (Å²) in [6.45, 7) is 5.99. The molecule has 0 unspecified atom stereocenters. The molecule has 0 bridgehead atoms. The van der Waals surface area contributed by atoms with Crippen LogP contribution in [-0.4, -0.2) is 51.4 Å². The molecule has 1 aromatic rings. The first-order valence-electron chi connectivity index (χ1n) is 6.17. The van der Waals surface area contributed by atoms with Crippen LogP contribution in [0.25, 0.3) is 0 Å². The van der Waals surface area contributed by atoms with Crippen molar-refractivity contribution in [3.05, 3.63) is 18.0 Å². The molecule has 1 aliphatic rings. The molecular formula is C12H20N4O2. The molecule has 0 aromatic carbocycles. The smallest absolute Gasteiger partial charge is 0.219 e. The first kappa shape index (κ1) is 13.2. The largest absolute Gasteiger partial charge is 0.389 e. The summed E-state index contributed by atoms with van der Waals surface area (Å²) in [6, 6.07) is 0. The first-order valence-corrected chi connectivity index (χ1v) is 6.17. The average Bonchev–Trinajstić information content (AvgIpc) is 2.62. The van der Waals surface area contributed by atoms with Crippen LogP contribution in [0.5, 0.6) is 0 Å². The van der Waals surface area contributed by atoms with Crippen LogP contribution in [0, 0.1) is 0 Å². The molecule has 2 rings (SSSR count). The van der Waals surface area contributed by atoms with Crippen molar-refractivity contribution in [3.8, 4) is 0 Å². The van der Waals surface area contributed by atoms with Gasteiger partial charge in [-0.15, -0.1) is 0 Å². The van der Waals surface area contributed by atoms with Crippen LogP contribution < -0.4 is 5.73 Å². The number of ether oxygens (including phenoxy) is 1. The lowest BCUT2D eigenvalue weighted by Gasteiger charge is -2.18. The lowest BCUT2D eigenvalue weighted by molar-refractivity contribution is -0.0396. The van der Waals surface area contributed by atoms with Crippen LogP contribution in [0.15, 0.2) is 12.4 Å². The van der Waals surface area contributed by atoms with Gasteiger partial charge in [0.2, 0.25) is 5.95 Å². The third-order valence-corrected chi connectivity index (χ3v) is 2.89. The number of β-amino-alcohol motifs (C(OH)–C–C–N with tert-alkyl or cyclic N) is 1. The van der Waals surface area contributed by atoms with E-state index in [4.69, 9.17) is 10.5 Å². The van der Waals surface area contributed by atoms with Crippen molar-refractivity contribution < 1.29 is 9.84 Å². The Morgan fingerprint density at radius 2 is 2.11 bits per heavy atom. The van der Waals surface area contributed by atoms with Gasteiger partial charge in [-0.05, 0) is 13.8 Å². The van der Waals surface area contributed by atoms with Gasteiger partial charge in [0.05, 0.1) is 18.3 Å². The Morgan fingerprint density at radius 3 is 2.72 bits per heavy atom. The second-order valence-electron chi connectivity index (χ2n) is 4.93. The monoisotopic (exact) mass is 252 g/mol. The zero-order chi connectivity index (χ0) is 13.1. The summed E-state index contributed by atoms with van der Waals surface area (Å²) in [5.74, 6) is 0.279. The molecule has 1 aromatic heterocycles. The quantitative estimate of drug-likeness (QED) is 0.786. The van der Waals surface area contributed by atoms with Gasteiger partial charge in [0.25, 0.3) is 0 Å². The Balaban J connectivity index is 1.90. The number of aliphatic hydroxyl groups is 1. The highest BCUT2D eigenvalue weighted by atomic mass is 16.5. The van der Waals surface area contributed by atoms with Crippen LogP contribution in [0.1, 0.15) is 19.4 Å². The fraction of sp³-hybridized carbons (Fsp3) is 0.667. The minimum Gasteiger partial charge on any atom is -0.389 e. The van der Waals surface area contributed by atoms with E-state index in [0.717, 1.165) is 12.1 Å². The van der Waals surface area contributed by atoms with Crippen LogP contribution >= 0.6 is 0 Å². The maximum Gasteiger partial charge on any atom is 0.219 e. The maximum atomic E-state index is 9.91. The van der Waals surface area contributed by atoms with Crippen molar-refractivity contribution in [1.82, 2.24) is 14.9 Å². The molecule has 2 heterocycles. The van der Waals surface area contributed by atoms with E-state index in [1.807, 2.05) is 13.8 Å². The van der Waals surface area contributed by atoms with Gasteiger partial charge in [-0.2, -0.15) is 0 Å². The third-order valence-electron chi connectivity index (χ3n) is 2.89. The van der Waals surface area contributed by atoms with Crippen LogP contribution in [-0.2, 0) is 11.3 Å². The molecule has 0 amide bonds. The van der Waals surface area contributed by atoms with Gasteiger partial charge in [0.15, 0.2) is 0 Å². The van der Waals surface area contributed by atoms with Gasteiger partial charge in [-0.25, -0.2) is 9.97 Å². The summed E-state index contributed by atoms with van der Waals surface area (Å²) in [4.78, 5) is 10.0. The number of aromatic nitrogens is 2. The Bertz CT molecular complexity index is 382. The Hall–Kier alpha value is -1.24. The lowest BCUT2D eigenvalue weighted by Crippen LogP contribution is -2.29. The molecule has 1 aliphatic heterocycles. The topological polar surface area (TPSA) is 84.5 Å². The maximum absolute atomic E-state index is 9.91. The first-order chi connectivity index (χ1) is 8.54. The molecule has 0 spiro atoms. The Kier molecular flexibility index (Phi) is 4.11. The molecule has 0 aliphatic carbocycles. The zero-order valence-corrected chi connectivity index (χ0v) is 10.8. The molecular weight excluding hydrogens is 232 g/mol. The fourth-order valence-corrected chi connectivity index (χ4v) is 2.15. The van der Waals surface area contributed by atoms with Crippen molar-refractivity contribution in [2.24, 2.45) is 0 Å². The molecule has 100 valence electrons. The average molecular weight is 252 g/mol. The van der Waals surface area contributed by atoms with Gasteiger partial charge < -0.3 is 15.6 Å². The van der Waals surface area contributed by atoms with Crippen molar-refractivity contribution in [1.29, 1.82) is 0 Å². The van der Waals surface area contributed by atoms with Gasteiger partial charge in [0, 0.05) is 37.6 Å². The minimum atomic E-state index is -0.429. The SMILES string of the molecule is CC(C)O[C@H]1CN(Cc2cnc(N)nc2)C[C@@H]1O. The Morgan fingerprint density at radius 1 is 1.44 bits per heavy atom. The van der Waals surface area contributed by atoms with Crippen LogP contribution in [0.2, 0.25) is 0 Å². The van der Waals surface area contributed by atoms with Crippen molar-refractivity contribution >= 4 is 5.95 Å². The molecule has 0 saturated carbocycles. The molecule has 1 saturated heterocycles. The van der Waals surface area contributed by atoms with Gasteiger partial charge >= 0.3 is 0 Å². The summed E-state index contributed by atoms with van der Waals surface area (Å²) >= 11 is 0. The molecule has 0 radical (unpaired) electrons. The third kappa shape index (κ3) is 3.38. The number of aliphatic hydroxyl groups excluding tert-OH is 1. The number of hydrogen-bond acceptors (Lipinski definition) is 6. The second-order valence-corrected chi connectivity index (χ2v) is 4.93. The number of anilines is 1. The van der Waals surface area contributed by atoms with E-state index in [2.05, 4.69) is 14.9 Å². The van der Waals surface area contributed by atoms with Gasteiger partial charge in [0.1, 0.15) is 0 Å². The number of nitrogens with zero attached hydrogens (tertiary/aromatic N) is 3. The summed E-state index contributed by atoms with van der Waals surface area (Å²) in [5, 5.41) is 9.91. The number of nitrogens with two attached hydrogens (primary N) is 1. The predicted molar refractivity (Wildman–Crippen MR) is 67.7 cm³/mol. The highest BCUT2D eigenvalue weighted by molar-refractivity contribution is 5.17. The van der Waals surface area contributed by atoms with E-state index in [-0.39, 0.29) is 18.2 Å². The predicted octanol–water partition coefficient (Wildman–Crippen LogP) is 0.0289. The summed E-state index contributed by atoms with van der Waals surface area (Å²) in [5.41, 5.74) is 6.43. The van der Waals surface area contributed by atoms with E-state index < -0.39 is 6.10 Å². The van der Waals surface area contributed by atoms with Gasteiger partial charge in [-0.1, -0.05) is 0 Å². The van der Waals surface area contributed by atoms with E-state index in [0.29, 0.717) is 13.1 Å². The summed E-state index contributed by atoms with van der Waals surface area (Å²) < 4.78 is 5.67. The second kappa shape index (κ2) is 5.60. The van der Waals surface area contributed by atoms with E-state index in [1.54, 1.807) is 12.4 Å². The molecule has 6 nitrogen and oxygen atoms in total. The standard InChI is InChI=1S/C12H20N4O2/c1-8(2)18-11-7-16(6-10(11)17)5-9-3-14-12(13)15-4-9/h3-4,8,10-11,17H,5-7H2,1-2H3,(H2,13,14,15)/t10-,11-/m0/s1. The molecule has 6 heteroatoms. The summed E-state index contributed by atoms with van der Waals surface area (Å²) in [6.07, 6.45) is 3.02. The highest BCUT2D eigenvalue weighted by Gasteiger charge is 2.32. The molecule has 18 heavy (non-hydrogen) atoms. The zero-order valence-electron chi connectivity index (χ0n) is 10.8. The number of rotatable bonds is 4. The normalized spacial score (nSPS) is 24.9. The van der Waals surface area contributed by atoms with Crippen LogP contribution in [0.3, 0.4) is 0 Å². The number of hydrogen-bond donors (Lipinski definition) is 2. The number of likely N-dealkylation sites (tertiary alicyclic amines) is 1. The Labute approximate surface area is 107 Å². The highest BCUT2D eigenvalue weighted by Crippen LogP contribution is 2.17. The van der Waals surface area contributed by atoms with Crippen molar-refractivity contribution in [2.45, 2.75) is 38.7 Å². The minimum absolute atomic E-state index is 0.111. The van der Waals surface area contributed by atoms with Gasteiger partial charge in [-0.3, -0.25) is 4.90 Å². The number of nitrogen functional groups attached to an aromatic ring is 1. The molecule has 2 atom stereocenters. The molecule has 3 N–H and O–H groups in total. The van der Waals surface area contributed by atoms with Crippen LogP contribution in [0.4, 0.5) is 5.95 Å². The van der Waals surface area contributed by atoms with Crippen molar-refractivity contribution in [3.63, 3.8) is 0 Å². The van der Waals surface area contributed by atoms with E-state index in [1.165, 1.54) is 0 Å². The van der Waals surface area contributed by atoms with Crippen molar-refractivity contribution in [2.75, 3.05) is 18.8 Å².